The molecule has 152 valence electrons. The Labute approximate surface area is 165 Å². The summed E-state index contributed by atoms with van der Waals surface area (Å²) in [5.41, 5.74) is 4.26. The van der Waals surface area contributed by atoms with Gasteiger partial charge >= 0.3 is 12.1 Å². The summed E-state index contributed by atoms with van der Waals surface area (Å²) in [4.78, 5) is 28.5. The van der Waals surface area contributed by atoms with Crippen LogP contribution in [0.5, 0.6) is 0 Å². The Morgan fingerprint density at radius 1 is 1.14 bits per heavy atom. The maximum Gasteiger partial charge on any atom is 0.408 e. The second-order valence-corrected chi connectivity index (χ2v) is 7.61. The number of hydrogen-bond acceptors (Lipinski definition) is 4. The van der Waals surface area contributed by atoms with Crippen LogP contribution in [0.15, 0.2) is 28.9 Å². The van der Waals surface area contributed by atoms with Crippen LogP contribution in [0.1, 0.15) is 48.5 Å². The minimum atomic E-state index is -1.25. The van der Waals surface area contributed by atoms with Gasteiger partial charge in [-0.15, -0.1) is 0 Å². The molecule has 0 aliphatic rings. The highest BCUT2D eigenvalue weighted by molar-refractivity contribution is 5.79. The lowest BCUT2D eigenvalue weighted by Gasteiger charge is -2.27. The van der Waals surface area contributed by atoms with Crippen molar-refractivity contribution < 1.29 is 24.2 Å². The smallest absolute Gasteiger partial charge is 0.408 e. The second-order valence-electron chi connectivity index (χ2n) is 7.61. The normalized spacial score (nSPS) is 12.2. The molecule has 0 aliphatic carbocycles. The molecule has 1 unspecified atom stereocenters. The maximum absolute atomic E-state index is 11.6. The van der Waals surface area contributed by atoms with E-state index in [1.165, 1.54) is 11.1 Å². The molecule has 2 aromatic rings. The first-order chi connectivity index (χ1) is 13.2. The highest BCUT2D eigenvalue weighted by Crippen LogP contribution is 2.16. The van der Waals surface area contributed by atoms with Crippen molar-refractivity contribution in [3.05, 3.63) is 52.7 Å². The molecular formula is C21H28N2O5. The van der Waals surface area contributed by atoms with Crippen LogP contribution in [0.4, 0.5) is 4.79 Å². The van der Waals surface area contributed by atoms with Crippen molar-refractivity contribution >= 4 is 12.1 Å². The molecule has 2 N–H and O–H groups in total. The Bertz CT molecular complexity index is 808. The van der Waals surface area contributed by atoms with Gasteiger partial charge in [-0.05, 0) is 31.7 Å². The van der Waals surface area contributed by atoms with Gasteiger partial charge in [0, 0.05) is 19.4 Å². The zero-order chi connectivity index (χ0) is 20.8. The Morgan fingerprint density at radius 3 is 2.32 bits per heavy atom. The maximum atomic E-state index is 11.6. The number of oxazole rings is 1. The van der Waals surface area contributed by atoms with Crippen molar-refractivity contribution in [2.45, 2.75) is 53.0 Å². The molecule has 0 saturated heterocycles. The van der Waals surface area contributed by atoms with Gasteiger partial charge in [0.25, 0.3) is 0 Å². The summed E-state index contributed by atoms with van der Waals surface area (Å²) in [7, 11) is 0. The lowest BCUT2D eigenvalue weighted by Crippen LogP contribution is -2.46. The van der Waals surface area contributed by atoms with Crippen LogP contribution < -0.4 is 0 Å². The first-order valence-electron chi connectivity index (χ1n) is 9.38. The predicted molar refractivity (Wildman–Crippen MR) is 105 cm³/mol. The average Bonchev–Trinajstić information content (AvgIpc) is 2.99. The van der Waals surface area contributed by atoms with Crippen LogP contribution in [0.25, 0.3) is 0 Å². The minimum absolute atomic E-state index is 0.0164. The van der Waals surface area contributed by atoms with E-state index in [1.54, 1.807) is 6.26 Å². The summed E-state index contributed by atoms with van der Waals surface area (Å²) in [6.45, 7) is 7.83. The number of carboxylic acid groups (broad SMARTS) is 2. The predicted octanol–water partition coefficient (Wildman–Crippen LogP) is 3.90. The van der Waals surface area contributed by atoms with Crippen LogP contribution >= 0.6 is 0 Å². The average molecular weight is 388 g/mol. The molecule has 28 heavy (non-hydrogen) atoms. The zero-order valence-corrected chi connectivity index (χ0v) is 16.8. The Kier molecular flexibility index (Phi) is 7.20. The molecule has 0 bridgehead atoms. The first kappa shape index (κ1) is 21.5. The summed E-state index contributed by atoms with van der Waals surface area (Å²) in [6.07, 6.45) is 1.42. The number of carboxylic acids is 1. The number of aromatic nitrogens is 1. The van der Waals surface area contributed by atoms with Gasteiger partial charge in [-0.3, -0.25) is 4.90 Å². The van der Waals surface area contributed by atoms with Gasteiger partial charge in [0.05, 0.1) is 5.69 Å². The van der Waals surface area contributed by atoms with Crippen LogP contribution in [-0.4, -0.2) is 44.7 Å². The number of benzene rings is 1. The Morgan fingerprint density at radius 2 is 1.79 bits per heavy atom. The van der Waals surface area contributed by atoms with Crippen molar-refractivity contribution in [1.29, 1.82) is 0 Å². The quantitative estimate of drug-likeness (QED) is 0.675. The highest BCUT2D eigenvalue weighted by atomic mass is 16.4. The summed E-state index contributed by atoms with van der Waals surface area (Å²) in [5.74, 6) is -0.674. The summed E-state index contributed by atoms with van der Waals surface area (Å²) in [6, 6.07) is 5.21. The summed E-state index contributed by atoms with van der Waals surface area (Å²) >= 11 is 0. The van der Waals surface area contributed by atoms with E-state index < -0.39 is 18.1 Å². The fourth-order valence-electron chi connectivity index (χ4n) is 3.33. The number of hydrogen-bond donors (Lipinski definition) is 2. The Balaban J connectivity index is 2.04. The van der Waals surface area contributed by atoms with Crippen LogP contribution in [0.2, 0.25) is 0 Å². The number of aliphatic carboxylic acids is 1. The third-order valence-corrected chi connectivity index (χ3v) is 4.43. The van der Waals surface area contributed by atoms with Crippen LogP contribution in [0.3, 0.4) is 0 Å². The largest absolute Gasteiger partial charge is 0.480 e. The molecule has 7 heteroatoms. The molecule has 0 saturated carbocycles. The topological polar surface area (TPSA) is 104 Å². The van der Waals surface area contributed by atoms with Crippen molar-refractivity contribution in [2.75, 3.05) is 6.54 Å². The highest BCUT2D eigenvalue weighted by Gasteiger charge is 2.30. The molecule has 0 radical (unpaired) electrons. The van der Waals surface area contributed by atoms with E-state index in [0.717, 1.165) is 16.2 Å². The molecule has 7 nitrogen and oxygen atoms in total. The molecule has 0 fully saturated rings. The van der Waals surface area contributed by atoms with E-state index in [-0.39, 0.29) is 25.3 Å². The number of amides is 1. The van der Waals surface area contributed by atoms with Gasteiger partial charge in [-0.2, -0.15) is 0 Å². The van der Waals surface area contributed by atoms with E-state index in [9.17, 15) is 19.8 Å². The standard InChI is InChI=1S/C21H28N2O5/c1-13(2)7-18(20(24)25)23(21(26)27)6-5-19-22-17(12-28-19)11-16-9-14(3)8-15(4)10-16/h8-10,12-13,18H,5-7,11H2,1-4H3,(H,24,25)(H,26,27). The van der Waals surface area contributed by atoms with Gasteiger partial charge < -0.3 is 14.6 Å². The second kappa shape index (κ2) is 9.39. The van der Waals surface area contributed by atoms with Crippen molar-refractivity contribution in [3.8, 4) is 0 Å². The van der Waals surface area contributed by atoms with Gasteiger partial charge in [-0.1, -0.05) is 43.2 Å². The third-order valence-electron chi connectivity index (χ3n) is 4.43. The SMILES string of the molecule is Cc1cc(C)cc(Cc2coc(CCN(C(=O)O)C(CC(C)C)C(=O)O)n2)c1. The van der Waals surface area contributed by atoms with Gasteiger partial charge in [0.2, 0.25) is 0 Å². The van der Waals surface area contributed by atoms with Gasteiger partial charge in [-0.25, -0.2) is 14.6 Å². The molecule has 0 spiro atoms. The molecule has 0 aliphatic heterocycles. The third kappa shape index (κ3) is 6.11. The lowest BCUT2D eigenvalue weighted by molar-refractivity contribution is -0.143. The van der Waals surface area contributed by atoms with E-state index in [0.29, 0.717) is 12.3 Å². The molecule has 1 aromatic heterocycles. The lowest BCUT2D eigenvalue weighted by atomic mass is 10.0. The number of carbonyl (C=O) groups is 2. The van der Waals surface area contributed by atoms with Crippen LogP contribution in [0, 0.1) is 19.8 Å². The van der Waals surface area contributed by atoms with Crippen molar-refractivity contribution in [3.63, 3.8) is 0 Å². The van der Waals surface area contributed by atoms with E-state index in [4.69, 9.17) is 4.42 Å². The molecule has 1 aromatic carbocycles. The summed E-state index contributed by atoms with van der Waals surface area (Å²) in [5, 5.41) is 18.9. The number of rotatable bonds is 9. The molecule has 1 heterocycles. The summed E-state index contributed by atoms with van der Waals surface area (Å²) < 4.78 is 5.47. The Hall–Kier alpha value is -2.83. The fourth-order valence-corrected chi connectivity index (χ4v) is 3.33. The molecular weight excluding hydrogens is 360 g/mol. The van der Waals surface area contributed by atoms with Crippen molar-refractivity contribution in [2.24, 2.45) is 5.92 Å². The molecule has 1 amide bonds. The van der Waals surface area contributed by atoms with E-state index >= 15 is 0 Å². The molecule has 1 atom stereocenters. The fraction of sp³-hybridized carbons (Fsp3) is 0.476. The van der Waals surface area contributed by atoms with E-state index in [2.05, 4.69) is 23.2 Å². The minimum Gasteiger partial charge on any atom is -0.480 e. The number of aryl methyl sites for hydroxylation is 2. The first-order valence-corrected chi connectivity index (χ1v) is 9.38. The van der Waals surface area contributed by atoms with E-state index in [1.807, 2.05) is 27.7 Å². The monoisotopic (exact) mass is 388 g/mol. The molecule has 2 rings (SSSR count). The zero-order valence-electron chi connectivity index (χ0n) is 16.8. The van der Waals surface area contributed by atoms with Crippen LogP contribution in [-0.2, 0) is 17.6 Å². The van der Waals surface area contributed by atoms with Crippen molar-refractivity contribution in [1.82, 2.24) is 9.88 Å². The van der Waals surface area contributed by atoms with Gasteiger partial charge in [0.1, 0.15) is 12.3 Å². The number of nitrogens with zero attached hydrogens (tertiary/aromatic N) is 2. The van der Waals surface area contributed by atoms with Gasteiger partial charge in [0.15, 0.2) is 5.89 Å².